The molecule has 4 unspecified atom stereocenters. The number of phosphoric acid groups is 2. The molecule has 6 atom stereocenters. The number of phosphoric ester groups is 2. The van der Waals surface area contributed by atoms with Gasteiger partial charge in [-0.25, -0.2) is 9.13 Å². The highest BCUT2D eigenvalue weighted by molar-refractivity contribution is 7.47. The molecule has 3 N–H and O–H groups in total. The lowest BCUT2D eigenvalue weighted by atomic mass is 9.99. The zero-order valence-electron chi connectivity index (χ0n) is 62.3. The predicted octanol–water partition coefficient (Wildman–Crippen LogP) is 22.0. The van der Waals surface area contributed by atoms with Crippen molar-refractivity contribution < 1.29 is 80.2 Å². The number of rotatable bonds is 73. The van der Waals surface area contributed by atoms with Gasteiger partial charge in [0.05, 0.1) is 26.4 Å². The Bertz CT molecular complexity index is 1870. The van der Waals surface area contributed by atoms with Crippen molar-refractivity contribution in [3.8, 4) is 0 Å². The molecule has 17 nitrogen and oxygen atoms in total. The van der Waals surface area contributed by atoms with E-state index in [9.17, 15) is 43.2 Å². The van der Waals surface area contributed by atoms with E-state index < -0.39 is 97.5 Å². The van der Waals surface area contributed by atoms with E-state index in [2.05, 4.69) is 55.4 Å². The monoisotopic (exact) mass is 1400 g/mol. The van der Waals surface area contributed by atoms with Crippen molar-refractivity contribution in [2.45, 2.75) is 401 Å². The van der Waals surface area contributed by atoms with Crippen LogP contribution in [0.1, 0.15) is 383 Å². The Hall–Kier alpha value is -1.94. The lowest BCUT2D eigenvalue weighted by Crippen LogP contribution is -2.30. The smallest absolute Gasteiger partial charge is 0.462 e. The standard InChI is InChI=1S/C76H148O17P2/c1-9-69(8)55-47-39-31-22-18-14-10-11-15-19-23-32-40-48-56-73(78)86-62-71(92-75(80)58-50-42-33-24-20-16-12-13-17-21-28-36-44-52-66(2)3)64-90-94(82,83)88-60-70(77)61-89-95(84,85)91-65-72(63-87-74(79)57-49-41-35-27-30-38-46-54-68(6)7)93-76(81)59-51-43-34-26-25-29-37-45-53-67(4)5/h66-72,77H,9-65H2,1-8H3,(H,82,83)(H,84,85)/t69?,70?,71-,72-/m1/s1. The minimum atomic E-state index is -4.96. The minimum absolute atomic E-state index is 0.103. The fourth-order valence-electron chi connectivity index (χ4n) is 11.5. The Labute approximate surface area is 581 Å². The lowest BCUT2D eigenvalue weighted by Gasteiger charge is -2.21. The van der Waals surface area contributed by atoms with Crippen molar-refractivity contribution in [2.24, 2.45) is 23.7 Å². The van der Waals surface area contributed by atoms with E-state index in [1.165, 1.54) is 180 Å². The summed E-state index contributed by atoms with van der Waals surface area (Å²) in [6.45, 7) is 14.2. The molecule has 564 valence electrons. The Kier molecular flexibility index (Phi) is 64.0. The number of unbranched alkanes of at least 4 members (excludes halogenated alkanes) is 38. The Morgan fingerprint density at radius 3 is 0.747 bits per heavy atom. The van der Waals surface area contributed by atoms with Crippen LogP contribution >= 0.6 is 15.6 Å². The van der Waals surface area contributed by atoms with Gasteiger partial charge in [-0.3, -0.25) is 37.3 Å². The van der Waals surface area contributed by atoms with Crippen LogP contribution in [-0.4, -0.2) is 96.7 Å². The van der Waals surface area contributed by atoms with Crippen LogP contribution in [0.25, 0.3) is 0 Å². The lowest BCUT2D eigenvalue weighted by molar-refractivity contribution is -0.161. The average molecular weight is 1400 g/mol. The zero-order chi connectivity index (χ0) is 70.3. The highest BCUT2D eigenvalue weighted by Crippen LogP contribution is 2.45. The molecule has 0 aromatic heterocycles. The third-order valence-electron chi connectivity index (χ3n) is 17.9. The fraction of sp³-hybridized carbons (Fsp3) is 0.947. The summed E-state index contributed by atoms with van der Waals surface area (Å²) in [7, 11) is -9.91. The van der Waals surface area contributed by atoms with Crippen LogP contribution in [0.5, 0.6) is 0 Å². The van der Waals surface area contributed by atoms with Crippen molar-refractivity contribution in [1.82, 2.24) is 0 Å². The summed E-state index contributed by atoms with van der Waals surface area (Å²) < 4.78 is 68.5. The maximum atomic E-state index is 13.1. The van der Waals surface area contributed by atoms with E-state index >= 15 is 0 Å². The largest absolute Gasteiger partial charge is 0.472 e. The average Bonchev–Trinajstić information content (AvgIpc) is 1.62. The summed E-state index contributed by atoms with van der Waals surface area (Å²) in [6, 6.07) is 0. The predicted molar refractivity (Wildman–Crippen MR) is 386 cm³/mol. The van der Waals surface area contributed by atoms with Crippen LogP contribution in [0.4, 0.5) is 0 Å². The van der Waals surface area contributed by atoms with Gasteiger partial charge in [-0.05, 0) is 49.4 Å². The van der Waals surface area contributed by atoms with Gasteiger partial charge in [-0.1, -0.05) is 331 Å². The van der Waals surface area contributed by atoms with Gasteiger partial charge in [-0.15, -0.1) is 0 Å². The number of hydrogen-bond donors (Lipinski definition) is 3. The number of esters is 4. The van der Waals surface area contributed by atoms with E-state index in [0.29, 0.717) is 31.6 Å². The summed E-state index contributed by atoms with van der Waals surface area (Å²) in [6.07, 6.45) is 50.0. The molecular formula is C76H148O17P2. The van der Waals surface area contributed by atoms with Crippen molar-refractivity contribution in [2.75, 3.05) is 39.6 Å². The Morgan fingerprint density at radius 2 is 0.505 bits per heavy atom. The topological polar surface area (TPSA) is 237 Å². The molecule has 0 spiro atoms. The van der Waals surface area contributed by atoms with Gasteiger partial charge in [0.1, 0.15) is 19.3 Å². The van der Waals surface area contributed by atoms with Gasteiger partial charge in [-0.2, -0.15) is 0 Å². The SMILES string of the molecule is CCC(C)CCCCCCCCCCCCCCCCC(=O)OC[C@H](COP(=O)(O)OCC(O)COP(=O)(O)OC[C@@H](COC(=O)CCCCCCCCCC(C)C)OC(=O)CCCCCCCCCCC(C)C)OC(=O)CCCCCCCCCCCCCCCC(C)C. The number of ether oxygens (including phenoxy) is 4. The van der Waals surface area contributed by atoms with Gasteiger partial charge in [0.25, 0.3) is 0 Å². The molecule has 0 aromatic carbocycles. The second-order valence-corrected chi connectivity index (χ2v) is 32.0. The van der Waals surface area contributed by atoms with Gasteiger partial charge >= 0.3 is 39.5 Å². The first-order chi connectivity index (χ1) is 45.6. The highest BCUT2D eigenvalue weighted by Gasteiger charge is 2.30. The number of aliphatic hydroxyl groups excluding tert-OH is 1. The molecule has 0 amide bonds. The van der Waals surface area contributed by atoms with Crippen molar-refractivity contribution in [3.05, 3.63) is 0 Å². The van der Waals surface area contributed by atoms with E-state index in [0.717, 1.165) is 114 Å². The molecule has 0 radical (unpaired) electrons. The molecule has 0 heterocycles. The van der Waals surface area contributed by atoms with Gasteiger partial charge in [0, 0.05) is 25.7 Å². The number of carbonyl (C=O) groups excluding carboxylic acids is 4. The second-order valence-electron chi connectivity index (χ2n) is 29.1. The molecular weight excluding hydrogens is 1250 g/mol. The number of aliphatic hydroxyl groups is 1. The van der Waals surface area contributed by atoms with Crippen LogP contribution in [0.3, 0.4) is 0 Å². The first-order valence-corrected chi connectivity index (χ1v) is 42.2. The summed E-state index contributed by atoms with van der Waals surface area (Å²) in [5.41, 5.74) is 0. The molecule has 0 bridgehead atoms. The van der Waals surface area contributed by atoms with Crippen molar-refractivity contribution >= 4 is 39.5 Å². The molecule has 0 aliphatic heterocycles. The van der Waals surface area contributed by atoms with E-state index in [1.54, 1.807) is 0 Å². The first-order valence-electron chi connectivity index (χ1n) is 39.2. The molecule has 95 heavy (non-hydrogen) atoms. The molecule has 0 saturated heterocycles. The van der Waals surface area contributed by atoms with E-state index in [-0.39, 0.29) is 25.7 Å². The van der Waals surface area contributed by atoms with E-state index in [1.807, 2.05) is 0 Å². The number of carbonyl (C=O) groups is 4. The zero-order valence-corrected chi connectivity index (χ0v) is 64.1. The molecule has 0 aromatic rings. The molecule has 0 saturated carbocycles. The van der Waals surface area contributed by atoms with Crippen LogP contribution in [-0.2, 0) is 65.4 Å². The first kappa shape index (κ1) is 93.1. The Morgan fingerprint density at radius 1 is 0.295 bits per heavy atom. The van der Waals surface area contributed by atoms with Crippen LogP contribution in [0, 0.1) is 23.7 Å². The molecule has 0 aliphatic carbocycles. The maximum Gasteiger partial charge on any atom is 0.472 e. The van der Waals surface area contributed by atoms with Gasteiger partial charge < -0.3 is 33.8 Å². The third-order valence-corrected chi connectivity index (χ3v) is 19.8. The third kappa shape index (κ3) is 69.0. The fourth-order valence-corrected chi connectivity index (χ4v) is 13.1. The molecule has 0 fully saturated rings. The van der Waals surface area contributed by atoms with E-state index in [4.69, 9.17) is 37.0 Å². The van der Waals surface area contributed by atoms with Crippen LogP contribution < -0.4 is 0 Å². The van der Waals surface area contributed by atoms with Gasteiger partial charge in [0.15, 0.2) is 12.2 Å². The Balaban J connectivity index is 5.24. The quantitative estimate of drug-likeness (QED) is 0.0222. The summed E-state index contributed by atoms with van der Waals surface area (Å²) in [5.74, 6) is 0.937. The molecule has 0 aliphatic rings. The van der Waals surface area contributed by atoms with Crippen molar-refractivity contribution in [3.63, 3.8) is 0 Å². The molecule has 0 rings (SSSR count). The number of hydrogen-bond acceptors (Lipinski definition) is 15. The summed E-state index contributed by atoms with van der Waals surface area (Å²) >= 11 is 0. The second kappa shape index (κ2) is 65.4. The van der Waals surface area contributed by atoms with Gasteiger partial charge in [0.2, 0.25) is 0 Å². The van der Waals surface area contributed by atoms with Crippen molar-refractivity contribution in [1.29, 1.82) is 0 Å². The molecule has 19 heteroatoms. The normalized spacial score (nSPS) is 14.4. The van der Waals surface area contributed by atoms with Crippen LogP contribution in [0.15, 0.2) is 0 Å². The summed E-state index contributed by atoms with van der Waals surface area (Å²) in [4.78, 5) is 72.8. The minimum Gasteiger partial charge on any atom is -0.462 e. The van der Waals surface area contributed by atoms with Crippen LogP contribution in [0.2, 0.25) is 0 Å². The maximum absolute atomic E-state index is 13.1. The summed E-state index contributed by atoms with van der Waals surface area (Å²) in [5, 5.41) is 10.6. The highest BCUT2D eigenvalue weighted by atomic mass is 31.2.